The van der Waals surface area contributed by atoms with Gasteiger partial charge in [-0.2, -0.15) is 0 Å². The SMILES string of the molecule is CC(C)(C)S(=O)NC1(COC(N)=O)CCC(S(C)(=O)=O)CC1. The van der Waals surface area contributed by atoms with Gasteiger partial charge in [0, 0.05) is 6.26 Å². The number of carbonyl (C=O) groups excluding carboxylic acids is 1. The maximum Gasteiger partial charge on any atom is 0.404 e. The molecule has 0 spiro atoms. The molecular formula is C13H26N2O5S2. The Morgan fingerprint density at radius 1 is 1.36 bits per heavy atom. The zero-order valence-corrected chi connectivity index (χ0v) is 15.2. The van der Waals surface area contributed by atoms with Crippen molar-refractivity contribution in [2.45, 2.75) is 62.0 Å². The third-order valence-electron chi connectivity index (χ3n) is 3.85. The van der Waals surface area contributed by atoms with Crippen molar-refractivity contribution in [2.24, 2.45) is 5.73 Å². The van der Waals surface area contributed by atoms with Crippen LogP contribution in [0.5, 0.6) is 0 Å². The largest absolute Gasteiger partial charge is 0.448 e. The summed E-state index contributed by atoms with van der Waals surface area (Å²) < 4.78 is 43.2. The van der Waals surface area contributed by atoms with E-state index in [0.717, 1.165) is 0 Å². The van der Waals surface area contributed by atoms with E-state index in [0.29, 0.717) is 25.7 Å². The second-order valence-corrected chi connectivity index (χ2v) is 11.2. The summed E-state index contributed by atoms with van der Waals surface area (Å²) in [7, 11) is -4.45. The smallest absolute Gasteiger partial charge is 0.404 e. The molecule has 0 saturated heterocycles. The number of amides is 1. The molecule has 1 fully saturated rings. The predicted octanol–water partition coefficient (Wildman–Crippen LogP) is 0.859. The molecular weight excluding hydrogens is 328 g/mol. The van der Waals surface area contributed by atoms with Gasteiger partial charge in [0.2, 0.25) is 0 Å². The molecule has 0 aromatic heterocycles. The fraction of sp³-hybridized carbons (Fsp3) is 0.923. The third-order valence-corrected chi connectivity index (χ3v) is 7.26. The van der Waals surface area contributed by atoms with E-state index in [1.54, 1.807) is 0 Å². The highest BCUT2D eigenvalue weighted by Gasteiger charge is 2.41. The van der Waals surface area contributed by atoms with Crippen molar-refractivity contribution in [2.75, 3.05) is 12.9 Å². The second kappa shape index (κ2) is 6.84. The molecule has 22 heavy (non-hydrogen) atoms. The number of hydrogen-bond acceptors (Lipinski definition) is 5. The van der Waals surface area contributed by atoms with Gasteiger partial charge in [0.1, 0.15) is 16.4 Å². The first-order chi connectivity index (χ1) is 9.86. The zero-order chi connectivity index (χ0) is 17.2. The summed E-state index contributed by atoms with van der Waals surface area (Å²) in [6.07, 6.45) is 2.13. The number of primary amides is 1. The van der Waals surface area contributed by atoms with Crippen LogP contribution in [-0.2, 0) is 25.6 Å². The fourth-order valence-electron chi connectivity index (χ4n) is 2.41. The number of carbonyl (C=O) groups is 1. The molecule has 3 N–H and O–H groups in total. The van der Waals surface area contributed by atoms with E-state index < -0.39 is 42.5 Å². The van der Waals surface area contributed by atoms with Gasteiger partial charge in [0.25, 0.3) is 0 Å². The van der Waals surface area contributed by atoms with Crippen LogP contribution < -0.4 is 10.5 Å². The van der Waals surface area contributed by atoms with Crippen LogP contribution in [0.25, 0.3) is 0 Å². The van der Waals surface area contributed by atoms with Crippen LogP contribution in [0.2, 0.25) is 0 Å². The lowest BCUT2D eigenvalue weighted by atomic mass is 9.83. The summed E-state index contributed by atoms with van der Waals surface area (Å²) in [6.45, 7) is 5.49. The molecule has 0 aromatic carbocycles. The zero-order valence-electron chi connectivity index (χ0n) is 13.5. The summed E-state index contributed by atoms with van der Waals surface area (Å²) in [4.78, 5) is 10.9. The summed E-state index contributed by atoms with van der Waals surface area (Å²) in [5.74, 6) is 0. The fourth-order valence-corrected chi connectivity index (χ4v) is 4.46. The summed E-state index contributed by atoms with van der Waals surface area (Å²) in [5.41, 5.74) is 4.32. The van der Waals surface area contributed by atoms with Gasteiger partial charge in [-0.3, -0.25) is 0 Å². The molecule has 0 radical (unpaired) electrons. The van der Waals surface area contributed by atoms with Crippen LogP contribution in [-0.4, -0.2) is 47.1 Å². The van der Waals surface area contributed by atoms with E-state index in [-0.39, 0.29) is 6.61 Å². The Balaban J connectivity index is 2.86. The molecule has 1 aliphatic carbocycles. The molecule has 130 valence electrons. The van der Waals surface area contributed by atoms with Gasteiger partial charge in [0.15, 0.2) is 0 Å². The van der Waals surface area contributed by atoms with Gasteiger partial charge in [-0.25, -0.2) is 22.1 Å². The minimum Gasteiger partial charge on any atom is -0.448 e. The highest BCUT2D eigenvalue weighted by atomic mass is 32.2. The Morgan fingerprint density at radius 3 is 2.23 bits per heavy atom. The molecule has 7 nitrogen and oxygen atoms in total. The van der Waals surface area contributed by atoms with E-state index in [2.05, 4.69) is 4.72 Å². The molecule has 9 heteroatoms. The summed E-state index contributed by atoms with van der Waals surface area (Å²) in [6, 6.07) is 0. The summed E-state index contributed by atoms with van der Waals surface area (Å²) >= 11 is 0. The van der Waals surface area contributed by atoms with Crippen LogP contribution >= 0.6 is 0 Å². The first kappa shape index (κ1) is 19.4. The van der Waals surface area contributed by atoms with Gasteiger partial charge in [-0.05, 0) is 46.5 Å². The summed E-state index contributed by atoms with van der Waals surface area (Å²) in [5, 5.41) is -0.404. The number of nitrogens with one attached hydrogen (secondary N) is 1. The lowest BCUT2D eigenvalue weighted by Crippen LogP contribution is -2.56. The third kappa shape index (κ3) is 5.51. The lowest BCUT2D eigenvalue weighted by Gasteiger charge is -2.40. The molecule has 1 amide bonds. The molecule has 0 aromatic rings. The highest BCUT2D eigenvalue weighted by molar-refractivity contribution is 7.91. The van der Waals surface area contributed by atoms with Crippen LogP contribution in [0.1, 0.15) is 46.5 Å². The molecule has 1 atom stereocenters. The van der Waals surface area contributed by atoms with Gasteiger partial charge in [-0.1, -0.05) is 0 Å². The first-order valence-electron chi connectivity index (χ1n) is 7.16. The lowest BCUT2D eigenvalue weighted by molar-refractivity contribution is 0.102. The van der Waals surface area contributed by atoms with Crippen LogP contribution in [0.15, 0.2) is 0 Å². The second-order valence-electron chi connectivity index (χ2n) is 6.90. The van der Waals surface area contributed by atoms with E-state index in [1.165, 1.54) is 6.26 Å². The Hall–Kier alpha value is -0.670. The van der Waals surface area contributed by atoms with Crippen molar-refractivity contribution in [1.29, 1.82) is 0 Å². The van der Waals surface area contributed by atoms with Crippen molar-refractivity contribution in [1.82, 2.24) is 4.72 Å². The van der Waals surface area contributed by atoms with Gasteiger partial charge in [0.05, 0.1) is 26.5 Å². The van der Waals surface area contributed by atoms with Crippen molar-refractivity contribution in [3.63, 3.8) is 0 Å². The average molecular weight is 354 g/mol. The van der Waals surface area contributed by atoms with Gasteiger partial charge in [-0.15, -0.1) is 0 Å². The van der Waals surface area contributed by atoms with Gasteiger partial charge < -0.3 is 10.5 Å². The Bertz CT molecular complexity index is 531. The van der Waals surface area contributed by atoms with Crippen molar-refractivity contribution >= 4 is 26.9 Å². The number of ether oxygens (including phenoxy) is 1. The maximum absolute atomic E-state index is 12.4. The van der Waals surface area contributed by atoms with E-state index in [4.69, 9.17) is 10.5 Å². The van der Waals surface area contributed by atoms with Crippen LogP contribution in [0.4, 0.5) is 4.79 Å². The topological polar surface area (TPSA) is 116 Å². The Morgan fingerprint density at radius 2 is 1.86 bits per heavy atom. The predicted molar refractivity (Wildman–Crippen MR) is 86.4 cm³/mol. The Kier molecular flexibility index (Phi) is 6.02. The number of sulfone groups is 1. The minimum absolute atomic E-state index is 0.0133. The van der Waals surface area contributed by atoms with E-state index in [1.807, 2.05) is 20.8 Å². The molecule has 1 saturated carbocycles. The molecule has 0 bridgehead atoms. The Labute approximate surface area is 134 Å². The van der Waals surface area contributed by atoms with E-state index in [9.17, 15) is 17.4 Å². The molecule has 1 unspecified atom stereocenters. The monoisotopic (exact) mass is 354 g/mol. The van der Waals surface area contributed by atoms with Crippen LogP contribution in [0.3, 0.4) is 0 Å². The van der Waals surface area contributed by atoms with Crippen molar-refractivity contribution in [3.8, 4) is 0 Å². The highest BCUT2D eigenvalue weighted by Crippen LogP contribution is 2.33. The van der Waals surface area contributed by atoms with Crippen molar-refractivity contribution < 1.29 is 22.2 Å². The minimum atomic E-state index is -3.10. The molecule has 0 heterocycles. The van der Waals surface area contributed by atoms with Crippen molar-refractivity contribution in [3.05, 3.63) is 0 Å². The first-order valence-corrected chi connectivity index (χ1v) is 10.3. The van der Waals surface area contributed by atoms with Crippen LogP contribution in [0, 0.1) is 0 Å². The van der Waals surface area contributed by atoms with E-state index >= 15 is 0 Å². The standard InChI is InChI=1S/C13H26N2O5S2/c1-12(2,3)21(17)15-13(9-20-11(14)16)7-5-10(6-8-13)22(4,18)19/h10,15H,5-9H2,1-4H3,(H2,14,16). The molecule has 1 rings (SSSR count). The molecule has 0 aliphatic heterocycles. The quantitative estimate of drug-likeness (QED) is 0.759. The molecule has 1 aliphatic rings. The number of nitrogens with two attached hydrogens (primary N) is 1. The normalized spacial score (nSPS) is 28.1. The van der Waals surface area contributed by atoms with Gasteiger partial charge >= 0.3 is 6.09 Å². The maximum atomic E-state index is 12.4. The average Bonchev–Trinajstić information content (AvgIpc) is 2.35. The number of hydrogen-bond donors (Lipinski definition) is 2. The number of rotatable bonds is 5.